The molecule has 1 heterocycles. The maximum Gasteiger partial charge on any atom is 0.237 e. The molecule has 3 rings (SSSR count). The summed E-state index contributed by atoms with van der Waals surface area (Å²) >= 11 is 0. The van der Waals surface area contributed by atoms with Gasteiger partial charge in [0.15, 0.2) is 0 Å². The Morgan fingerprint density at radius 2 is 2.19 bits per heavy atom. The molecular formula is C16H21N3O2. The Kier molecular flexibility index (Phi) is 3.94. The standard InChI is InChI=1S/C16H21N3O2/c17-13(16(21)19-9-15(20)10-5-6-10)7-11-8-18-14-4-2-1-3-12(11)14/h1-4,8,10,13,15,18,20H,5-7,9,17H2,(H,19,21)/t13-,15?/m1/s1. The number of carbonyl (C=O) groups is 1. The summed E-state index contributed by atoms with van der Waals surface area (Å²) in [5.74, 6) is 0.148. The average molecular weight is 287 g/mol. The van der Waals surface area contributed by atoms with Crippen molar-refractivity contribution in [3.63, 3.8) is 0 Å². The molecule has 112 valence electrons. The molecule has 0 aliphatic heterocycles. The smallest absolute Gasteiger partial charge is 0.237 e. The predicted molar refractivity (Wildman–Crippen MR) is 81.7 cm³/mol. The Hall–Kier alpha value is -1.85. The third-order valence-corrected chi connectivity index (χ3v) is 4.10. The molecule has 1 aromatic heterocycles. The number of aliphatic hydroxyl groups excluding tert-OH is 1. The molecule has 1 amide bonds. The van der Waals surface area contributed by atoms with E-state index in [4.69, 9.17) is 5.73 Å². The number of hydrogen-bond acceptors (Lipinski definition) is 3. The van der Waals surface area contributed by atoms with Crippen molar-refractivity contribution in [1.29, 1.82) is 0 Å². The molecule has 1 aromatic carbocycles. The van der Waals surface area contributed by atoms with E-state index in [-0.39, 0.29) is 5.91 Å². The number of hydrogen-bond donors (Lipinski definition) is 4. The molecule has 1 aliphatic rings. The molecule has 0 saturated heterocycles. The van der Waals surface area contributed by atoms with Crippen LogP contribution in [0, 0.1) is 5.92 Å². The summed E-state index contributed by atoms with van der Waals surface area (Å²) in [6.45, 7) is 0.297. The van der Waals surface area contributed by atoms with Crippen LogP contribution in [0.15, 0.2) is 30.5 Å². The van der Waals surface area contributed by atoms with E-state index in [0.29, 0.717) is 18.9 Å². The number of aromatic nitrogens is 1. The summed E-state index contributed by atoms with van der Waals surface area (Å²) in [5.41, 5.74) is 8.05. The zero-order valence-electron chi connectivity index (χ0n) is 11.9. The van der Waals surface area contributed by atoms with Crippen molar-refractivity contribution in [3.05, 3.63) is 36.0 Å². The number of fused-ring (bicyclic) bond motifs is 1. The Bertz CT molecular complexity index is 633. The van der Waals surface area contributed by atoms with Crippen molar-refractivity contribution in [3.8, 4) is 0 Å². The van der Waals surface area contributed by atoms with Crippen molar-refractivity contribution >= 4 is 16.8 Å². The van der Waals surface area contributed by atoms with E-state index < -0.39 is 12.1 Å². The van der Waals surface area contributed by atoms with E-state index in [9.17, 15) is 9.90 Å². The Balaban J connectivity index is 1.57. The van der Waals surface area contributed by atoms with Gasteiger partial charge in [-0.25, -0.2) is 0 Å². The number of H-pyrrole nitrogens is 1. The van der Waals surface area contributed by atoms with Gasteiger partial charge in [0.25, 0.3) is 0 Å². The van der Waals surface area contributed by atoms with Crippen LogP contribution in [0.3, 0.4) is 0 Å². The fourth-order valence-corrected chi connectivity index (χ4v) is 2.61. The molecule has 1 unspecified atom stereocenters. The van der Waals surface area contributed by atoms with Crippen LogP contribution in [0.2, 0.25) is 0 Å². The Morgan fingerprint density at radius 1 is 1.43 bits per heavy atom. The summed E-state index contributed by atoms with van der Waals surface area (Å²) in [4.78, 5) is 15.2. The second-order valence-corrected chi connectivity index (χ2v) is 5.82. The number of nitrogens with two attached hydrogens (primary N) is 1. The van der Waals surface area contributed by atoms with Crippen molar-refractivity contribution in [1.82, 2.24) is 10.3 Å². The molecule has 2 atom stereocenters. The minimum absolute atomic E-state index is 0.208. The quantitative estimate of drug-likeness (QED) is 0.637. The first-order valence-corrected chi connectivity index (χ1v) is 7.41. The van der Waals surface area contributed by atoms with E-state index in [0.717, 1.165) is 29.3 Å². The molecule has 5 N–H and O–H groups in total. The number of carbonyl (C=O) groups excluding carboxylic acids is 1. The van der Waals surface area contributed by atoms with E-state index in [1.165, 1.54) is 0 Å². The largest absolute Gasteiger partial charge is 0.391 e. The first-order chi connectivity index (χ1) is 10.1. The number of amides is 1. The lowest BCUT2D eigenvalue weighted by Crippen LogP contribution is -2.44. The fraction of sp³-hybridized carbons (Fsp3) is 0.438. The number of para-hydroxylation sites is 1. The highest BCUT2D eigenvalue weighted by Gasteiger charge is 2.30. The van der Waals surface area contributed by atoms with Gasteiger partial charge in [-0.15, -0.1) is 0 Å². The highest BCUT2D eigenvalue weighted by molar-refractivity contribution is 5.86. The maximum atomic E-state index is 12.0. The van der Waals surface area contributed by atoms with Crippen LogP contribution in [0.4, 0.5) is 0 Å². The van der Waals surface area contributed by atoms with Crippen LogP contribution in [-0.2, 0) is 11.2 Å². The van der Waals surface area contributed by atoms with Crippen LogP contribution in [0.5, 0.6) is 0 Å². The van der Waals surface area contributed by atoms with Crippen molar-refractivity contribution in [2.45, 2.75) is 31.4 Å². The van der Waals surface area contributed by atoms with Gasteiger partial charge in [-0.1, -0.05) is 18.2 Å². The summed E-state index contributed by atoms with van der Waals surface area (Å²) in [7, 11) is 0. The summed E-state index contributed by atoms with van der Waals surface area (Å²) in [6.07, 6.45) is 4.05. The normalized spacial score (nSPS) is 17.6. The van der Waals surface area contributed by atoms with Crippen molar-refractivity contribution in [2.24, 2.45) is 11.7 Å². The molecule has 5 heteroatoms. The summed E-state index contributed by atoms with van der Waals surface area (Å²) < 4.78 is 0. The molecule has 0 spiro atoms. The predicted octanol–water partition coefficient (Wildman–Crippen LogP) is 0.925. The average Bonchev–Trinajstić information content (AvgIpc) is 3.27. The van der Waals surface area contributed by atoms with Crippen LogP contribution >= 0.6 is 0 Å². The minimum atomic E-state index is -0.601. The molecule has 21 heavy (non-hydrogen) atoms. The van der Waals surface area contributed by atoms with Gasteiger partial charge in [-0.2, -0.15) is 0 Å². The highest BCUT2D eigenvalue weighted by atomic mass is 16.3. The molecule has 1 fully saturated rings. The van der Waals surface area contributed by atoms with Crippen LogP contribution < -0.4 is 11.1 Å². The number of rotatable bonds is 6. The molecular weight excluding hydrogens is 266 g/mol. The topological polar surface area (TPSA) is 91.1 Å². The molecule has 2 aromatic rings. The summed E-state index contributed by atoms with van der Waals surface area (Å²) in [5, 5.41) is 13.6. The molecule has 1 aliphatic carbocycles. The molecule has 0 bridgehead atoms. The van der Waals surface area contributed by atoms with Crippen molar-refractivity contribution < 1.29 is 9.90 Å². The lowest BCUT2D eigenvalue weighted by atomic mass is 10.0. The Morgan fingerprint density at radius 3 is 2.95 bits per heavy atom. The van der Waals surface area contributed by atoms with Crippen LogP contribution in [0.1, 0.15) is 18.4 Å². The van der Waals surface area contributed by atoms with Gasteiger partial charge >= 0.3 is 0 Å². The van der Waals surface area contributed by atoms with Crippen molar-refractivity contribution in [2.75, 3.05) is 6.54 Å². The lowest BCUT2D eigenvalue weighted by molar-refractivity contribution is -0.122. The van der Waals surface area contributed by atoms with Gasteiger partial charge in [0.1, 0.15) is 0 Å². The third-order valence-electron chi connectivity index (χ3n) is 4.10. The molecule has 5 nitrogen and oxygen atoms in total. The van der Waals surface area contributed by atoms with E-state index in [1.54, 1.807) is 0 Å². The van der Waals surface area contributed by atoms with E-state index >= 15 is 0 Å². The first kappa shape index (κ1) is 14.1. The van der Waals surface area contributed by atoms with Gasteiger partial charge in [0.05, 0.1) is 12.1 Å². The van der Waals surface area contributed by atoms with Gasteiger partial charge in [-0.3, -0.25) is 4.79 Å². The lowest BCUT2D eigenvalue weighted by Gasteiger charge is -2.14. The molecule has 1 saturated carbocycles. The number of aromatic amines is 1. The zero-order chi connectivity index (χ0) is 14.8. The van der Waals surface area contributed by atoms with E-state index in [1.807, 2.05) is 30.5 Å². The van der Waals surface area contributed by atoms with Gasteiger partial charge < -0.3 is 21.1 Å². The highest BCUT2D eigenvalue weighted by Crippen LogP contribution is 2.32. The first-order valence-electron chi connectivity index (χ1n) is 7.41. The van der Waals surface area contributed by atoms with Gasteiger partial charge in [0.2, 0.25) is 5.91 Å². The second-order valence-electron chi connectivity index (χ2n) is 5.82. The monoisotopic (exact) mass is 287 g/mol. The zero-order valence-corrected chi connectivity index (χ0v) is 11.9. The van der Waals surface area contributed by atoms with E-state index in [2.05, 4.69) is 10.3 Å². The van der Waals surface area contributed by atoms with Gasteiger partial charge in [0, 0.05) is 23.6 Å². The SMILES string of the molecule is N[C@H](Cc1c[nH]c2ccccc12)C(=O)NCC(O)C1CC1. The maximum absolute atomic E-state index is 12.0. The van der Waals surface area contributed by atoms with Crippen LogP contribution in [-0.4, -0.2) is 34.7 Å². The third kappa shape index (κ3) is 3.25. The molecule has 0 radical (unpaired) electrons. The minimum Gasteiger partial charge on any atom is -0.391 e. The number of benzene rings is 1. The second kappa shape index (κ2) is 5.87. The summed E-state index contributed by atoms with van der Waals surface area (Å²) in [6, 6.07) is 7.35. The number of nitrogens with one attached hydrogen (secondary N) is 2. The number of aliphatic hydroxyl groups is 1. The fourth-order valence-electron chi connectivity index (χ4n) is 2.61. The van der Waals surface area contributed by atoms with Crippen LogP contribution in [0.25, 0.3) is 10.9 Å². The Labute approximate surface area is 123 Å². The van der Waals surface area contributed by atoms with Gasteiger partial charge in [-0.05, 0) is 36.8 Å².